The molecule has 0 amide bonds. The molecule has 0 fully saturated rings. The van der Waals surface area contributed by atoms with E-state index in [1.807, 2.05) is 0 Å². The molecule has 0 aromatic rings. The van der Waals surface area contributed by atoms with E-state index in [1.165, 1.54) is 229 Å². The Hall–Kier alpha value is -0.0400. The Labute approximate surface area is 270 Å². The largest absolute Gasteiger partial charge is 0.328 e. The van der Waals surface area contributed by atoms with E-state index in [0.717, 1.165) is 0 Å². The lowest BCUT2D eigenvalue weighted by Gasteiger charge is -2.30. The maximum atomic E-state index is 2.47. The summed E-state index contributed by atoms with van der Waals surface area (Å²) in [4.78, 5) is 0. The van der Waals surface area contributed by atoms with Gasteiger partial charge in [0, 0.05) is 0 Å². The molecular weight excluding hydrogens is 506 g/mol. The molecule has 0 atom stereocenters. The van der Waals surface area contributed by atoms with Crippen LogP contribution in [0.5, 0.6) is 0 Å². The Kier molecular flexibility index (Phi) is 40.9. The predicted octanol–water partition coefficient (Wildman–Crippen LogP) is 15.0. The van der Waals surface area contributed by atoms with E-state index in [1.54, 1.807) is 0 Å². The SMILES string of the molecule is CCC.CCCCCCCCCCCCCCCCCC[N+](C)(C)CCCCCCCCCCCCCCCCCC. The van der Waals surface area contributed by atoms with Gasteiger partial charge in [-0.1, -0.05) is 214 Å². The molecule has 0 N–H and O–H groups in total. The molecule has 0 rings (SSSR count). The number of quaternary nitrogens is 1. The standard InChI is InChI=1S/C38H80N.C3H8/c1-5-7-9-11-13-15-17-19-21-23-25-27-29-31-33-35-37-39(3,4)38-36-34-32-30-28-26-24-22-20-18-16-14-12-10-8-6-2;1-3-2/h5-38H2,1-4H3;3H2,1-2H3/q+1;. The summed E-state index contributed by atoms with van der Waals surface area (Å²) in [6, 6.07) is 0. The normalized spacial score (nSPS) is 11.6. The van der Waals surface area contributed by atoms with E-state index in [4.69, 9.17) is 0 Å². The average molecular weight is 595 g/mol. The molecule has 0 bridgehead atoms. The second-order valence-electron chi connectivity index (χ2n) is 14.7. The smallest absolute Gasteiger partial charge is 0.0782 e. The molecule has 0 spiro atoms. The van der Waals surface area contributed by atoms with Crippen LogP contribution >= 0.6 is 0 Å². The third-order valence-corrected chi connectivity index (χ3v) is 9.23. The van der Waals surface area contributed by atoms with Crippen molar-refractivity contribution in [3.8, 4) is 0 Å². The maximum Gasteiger partial charge on any atom is 0.0782 e. The highest BCUT2D eigenvalue weighted by Crippen LogP contribution is 2.16. The summed E-state index contributed by atoms with van der Waals surface area (Å²) >= 11 is 0. The first-order chi connectivity index (χ1) is 20.5. The van der Waals surface area contributed by atoms with Crippen molar-refractivity contribution >= 4 is 0 Å². The van der Waals surface area contributed by atoms with Crippen LogP contribution in [0.4, 0.5) is 0 Å². The van der Waals surface area contributed by atoms with Gasteiger partial charge >= 0.3 is 0 Å². The summed E-state index contributed by atoms with van der Waals surface area (Å²) in [5, 5.41) is 0. The third-order valence-electron chi connectivity index (χ3n) is 9.23. The topological polar surface area (TPSA) is 0 Å². The number of nitrogens with zero attached hydrogens (tertiary/aromatic N) is 1. The molecule has 42 heavy (non-hydrogen) atoms. The van der Waals surface area contributed by atoms with Crippen LogP contribution < -0.4 is 0 Å². The predicted molar refractivity (Wildman–Crippen MR) is 197 cm³/mol. The van der Waals surface area contributed by atoms with Gasteiger partial charge in [0.05, 0.1) is 27.2 Å². The van der Waals surface area contributed by atoms with Gasteiger partial charge in [0.15, 0.2) is 0 Å². The first kappa shape index (κ1) is 44.1. The molecule has 0 aromatic carbocycles. The van der Waals surface area contributed by atoms with Crippen LogP contribution in [0.2, 0.25) is 0 Å². The summed E-state index contributed by atoms with van der Waals surface area (Å²) in [5.74, 6) is 0. The van der Waals surface area contributed by atoms with E-state index in [0.29, 0.717) is 0 Å². The number of hydrogen-bond acceptors (Lipinski definition) is 0. The molecule has 0 aliphatic heterocycles. The Morgan fingerprint density at radius 1 is 0.238 bits per heavy atom. The molecule has 0 aliphatic carbocycles. The van der Waals surface area contributed by atoms with Gasteiger partial charge in [-0.25, -0.2) is 0 Å². The van der Waals surface area contributed by atoms with E-state index in [2.05, 4.69) is 41.8 Å². The van der Waals surface area contributed by atoms with Gasteiger partial charge < -0.3 is 4.48 Å². The summed E-state index contributed by atoms with van der Waals surface area (Å²) in [6.07, 6.45) is 48.2. The first-order valence-corrected chi connectivity index (χ1v) is 20.4. The van der Waals surface area contributed by atoms with Crippen LogP contribution in [-0.4, -0.2) is 31.7 Å². The van der Waals surface area contributed by atoms with Crippen LogP contribution in [-0.2, 0) is 0 Å². The monoisotopic (exact) mass is 595 g/mol. The van der Waals surface area contributed by atoms with Crippen molar-refractivity contribution in [2.45, 2.75) is 240 Å². The summed E-state index contributed by atoms with van der Waals surface area (Å²) < 4.78 is 1.25. The lowest BCUT2D eigenvalue weighted by molar-refractivity contribution is -0.890. The van der Waals surface area contributed by atoms with Gasteiger partial charge in [-0.15, -0.1) is 0 Å². The third kappa shape index (κ3) is 42.1. The van der Waals surface area contributed by atoms with Crippen LogP contribution in [0.15, 0.2) is 0 Å². The molecule has 0 saturated carbocycles. The van der Waals surface area contributed by atoms with Crippen molar-refractivity contribution < 1.29 is 4.48 Å². The van der Waals surface area contributed by atoms with Crippen molar-refractivity contribution in [3.05, 3.63) is 0 Å². The van der Waals surface area contributed by atoms with Gasteiger partial charge in [0.25, 0.3) is 0 Å². The fourth-order valence-corrected chi connectivity index (χ4v) is 6.29. The molecule has 0 heterocycles. The fraction of sp³-hybridized carbons (Fsp3) is 1.00. The van der Waals surface area contributed by atoms with Gasteiger partial charge in [-0.3, -0.25) is 0 Å². The van der Waals surface area contributed by atoms with Crippen molar-refractivity contribution in [1.82, 2.24) is 0 Å². The second-order valence-corrected chi connectivity index (χ2v) is 14.7. The quantitative estimate of drug-likeness (QED) is 0.0513. The fourth-order valence-electron chi connectivity index (χ4n) is 6.29. The summed E-state index contributed by atoms with van der Waals surface area (Å²) in [6.45, 7) is 11.6. The Morgan fingerprint density at radius 3 is 0.548 bits per heavy atom. The lowest BCUT2D eigenvalue weighted by Crippen LogP contribution is -2.41. The minimum absolute atomic E-state index is 1.25. The van der Waals surface area contributed by atoms with Crippen molar-refractivity contribution in [1.29, 1.82) is 0 Å². The van der Waals surface area contributed by atoms with Crippen LogP contribution in [0.1, 0.15) is 240 Å². The van der Waals surface area contributed by atoms with Crippen LogP contribution in [0.3, 0.4) is 0 Å². The molecule has 256 valence electrons. The zero-order valence-corrected chi connectivity index (χ0v) is 31.2. The zero-order valence-electron chi connectivity index (χ0n) is 31.2. The van der Waals surface area contributed by atoms with Crippen molar-refractivity contribution in [2.75, 3.05) is 27.2 Å². The highest BCUT2D eigenvalue weighted by Gasteiger charge is 2.13. The molecule has 0 aliphatic rings. The highest BCUT2D eigenvalue weighted by molar-refractivity contribution is 4.52. The Morgan fingerprint density at radius 2 is 0.381 bits per heavy atom. The molecular formula is C41H88N+. The Balaban J connectivity index is 0. The molecule has 1 nitrogen and oxygen atoms in total. The van der Waals surface area contributed by atoms with Gasteiger partial charge in [-0.05, 0) is 25.7 Å². The average Bonchev–Trinajstić information content (AvgIpc) is 2.97. The van der Waals surface area contributed by atoms with E-state index < -0.39 is 0 Å². The van der Waals surface area contributed by atoms with Gasteiger partial charge in [-0.2, -0.15) is 0 Å². The first-order valence-electron chi connectivity index (χ1n) is 20.4. The van der Waals surface area contributed by atoms with Crippen LogP contribution in [0.25, 0.3) is 0 Å². The minimum atomic E-state index is 1.25. The summed E-state index contributed by atoms with van der Waals surface area (Å²) in [5.41, 5.74) is 0. The molecule has 1 heteroatoms. The van der Waals surface area contributed by atoms with E-state index >= 15 is 0 Å². The number of hydrogen-bond donors (Lipinski definition) is 0. The van der Waals surface area contributed by atoms with Crippen molar-refractivity contribution in [2.24, 2.45) is 0 Å². The van der Waals surface area contributed by atoms with Gasteiger partial charge in [0.2, 0.25) is 0 Å². The van der Waals surface area contributed by atoms with Gasteiger partial charge in [0.1, 0.15) is 0 Å². The molecule has 0 radical (unpaired) electrons. The highest BCUT2D eigenvalue weighted by atomic mass is 15.3. The second kappa shape index (κ2) is 39.0. The van der Waals surface area contributed by atoms with Crippen molar-refractivity contribution in [3.63, 3.8) is 0 Å². The number of unbranched alkanes of at least 4 members (excludes halogenated alkanes) is 30. The number of rotatable bonds is 34. The summed E-state index contributed by atoms with van der Waals surface area (Å²) in [7, 11) is 4.94. The maximum absolute atomic E-state index is 2.47. The lowest BCUT2D eigenvalue weighted by atomic mass is 10.0. The molecule has 0 saturated heterocycles. The molecule has 0 unspecified atom stereocenters. The molecule has 0 aromatic heterocycles. The van der Waals surface area contributed by atoms with E-state index in [-0.39, 0.29) is 0 Å². The Bertz CT molecular complexity index is 404. The van der Waals surface area contributed by atoms with Crippen LogP contribution in [0, 0.1) is 0 Å². The minimum Gasteiger partial charge on any atom is -0.328 e. The zero-order chi connectivity index (χ0) is 31.2. The van der Waals surface area contributed by atoms with E-state index in [9.17, 15) is 0 Å².